The SMILES string of the molecule is Cc1cc(NC(=O)c2ccco2)sc1C(=O)N1CCOCC1. The normalized spacial score (nSPS) is 14.9. The topological polar surface area (TPSA) is 71.8 Å². The lowest BCUT2D eigenvalue weighted by atomic mass is 10.2. The summed E-state index contributed by atoms with van der Waals surface area (Å²) in [6, 6.07) is 5.05. The minimum absolute atomic E-state index is 0.00991. The van der Waals surface area contributed by atoms with Crippen molar-refractivity contribution in [3.8, 4) is 0 Å². The number of amides is 2. The minimum atomic E-state index is -0.323. The van der Waals surface area contributed by atoms with Crippen molar-refractivity contribution >= 4 is 28.2 Å². The van der Waals surface area contributed by atoms with Gasteiger partial charge in [0.2, 0.25) is 0 Å². The van der Waals surface area contributed by atoms with E-state index < -0.39 is 0 Å². The van der Waals surface area contributed by atoms with E-state index in [1.54, 1.807) is 23.1 Å². The molecule has 1 saturated heterocycles. The van der Waals surface area contributed by atoms with E-state index in [1.165, 1.54) is 17.6 Å². The van der Waals surface area contributed by atoms with Gasteiger partial charge in [0.05, 0.1) is 29.4 Å². The number of rotatable bonds is 3. The summed E-state index contributed by atoms with van der Waals surface area (Å²) in [7, 11) is 0. The van der Waals surface area contributed by atoms with Crippen molar-refractivity contribution in [2.45, 2.75) is 6.92 Å². The number of hydrogen-bond acceptors (Lipinski definition) is 5. The Morgan fingerprint density at radius 3 is 2.77 bits per heavy atom. The van der Waals surface area contributed by atoms with E-state index in [-0.39, 0.29) is 17.6 Å². The number of furan rings is 1. The molecule has 6 nitrogen and oxygen atoms in total. The molecular weight excluding hydrogens is 304 g/mol. The Kier molecular flexibility index (Phi) is 4.26. The van der Waals surface area contributed by atoms with Crippen LogP contribution >= 0.6 is 11.3 Å². The van der Waals surface area contributed by atoms with Crippen LogP contribution in [-0.4, -0.2) is 43.0 Å². The van der Waals surface area contributed by atoms with Gasteiger partial charge in [-0.25, -0.2) is 0 Å². The number of carbonyl (C=O) groups is 2. The van der Waals surface area contributed by atoms with E-state index in [0.717, 1.165) is 5.56 Å². The zero-order chi connectivity index (χ0) is 15.5. The number of thiophene rings is 1. The molecule has 1 aliphatic heterocycles. The van der Waals surface area contributed by atoms with Crippen molar-refractivity contribution in [3.63, 3.8) is 0 Å². The molecule has 0 aliphatic carbocycles. The lowest BCUT2D eigenvalue weighted by Gasteiger charge is -2.26. The third kappa shape index (κ3) is 3.05. The molecule has 1 aliphatic rings. The van der Waals surface area contributed by atoms with Crippen LogP contribution in [0.25, 0.3) is 0 Å². The molecule has 22 heavy (non-hydrogen) atoms. The van der Waals surface area contributed by atoms with Gasteiger partial charge in [-0.2, -0.15) is 0 Å². The molecule has 0 radical (unpaired) electrons. The first-order valence-corrected chi connectivity index (χ1v) is 7.79. The molecule has 116 valence electrons. The Morgan fingerprint density at radius 2 is 2.09 bits per heavy atom. The summed E-state index contributed by atoms with van der Waals surface area (Å²) in [4.78, 5) is 26.9. The zero-order valence-corrected chi connectivity index (χ0v) is 12.9. The zero-order valence-electron chi connectivity index (χ0n) is 12.1. The van der Waals surface area contributed by atoms with Crippen LogP contribution in [0.15, 0.2) is 28.9 Å². The van der Waals surface area contributed by atoms with E-state index in [2.05, 4.69) is 5.32 Å². The number of aryl methyl sites for hydroxylation is 1. The molecule has 1 N–H and O–H groups in total. The second-order valence-corrected chi connectivity index (χ2v) is 6.01. The quantitative estimate of drug-likeness (QED) is 0.942. The van der Waals surface area contributed by atoms with Gasteiger partial charge in [-0.15, -0.1) is 11.3 Å². The first kappa shape index (κ1) is 14.8. The molecule has 0 saturated carbocycles. The lowest BCUT2D eigenvalue weighted by Crippen LogP contribution is -2.40. The highest BCUT2D eigenvalue weighted by molar-refractivity contribution is 7.18. The molecular formula is C15H16N2O4S. The summed E-state index contributed by atoms with van der Waals surface area (Å²) in [6.45, 7) is 4.21. The van der Waals surface area contributed by atoms with Gasteiger partial charge < -0.3 is 19.4 Å². The Balaban J connectivity index is 1.73. The van der Waals surface area contributed by atoms with Crippen LogP contribution in [0.2, 0.25) is 0 Å². The fourth-order valence-electron chi connectivity index (χ4n) is 2.25. The van der Waals surface area contributed by atoms with E-state index in [4.69, 9.17) is 9.15 Å². The average molecular weight is 320 g/mol. The van der Waals surface area contributed by atoms with Gasteiger partial charge in [0, 0.05) is 13.1 Å². The van der Waals surface area contributed by atoms with Crippen LogP contribution in [0.5, 0.6) is 0 Å². The molecule has 0 unspecified atom stereocenters. The third-order valence-electron chi connectivity index (χ3n) is 3.39. The molecule has 0 bridgehead atoms. The van der Waals surface area contributed by atoms with Crippen LogP contribution < -0.4 is 5.32 Å². The summed E-state index contributed by atoms with van der Waals surface area (Å²) in [5, 5.41) is 3.39. The Hall–Kier alpha value is -2.12. The monoisotopic (exact) mass is 320 g/mol. The van der Waals surface area contributed by atoms with Crippen molar-refractivity contribution < 1.29 is 18.7 Å². The second kappa shape index (κ2) is 6.33. The number of ether oxygens (including phenoxy) is 1. The van der Waals surface area contributed by atoms with Crippen molar-refractivity contribution in [2.75, 3.05) is 31.6 Å². The molecule has 0 atom stereocenters. The lowest BCUT2D eigenvalue weighted by molar-refractivity contribution is 0.0305. The summed E-state index contributed by atoms with van der Waals surface area (Å²) in [6.07, 6.45) is 1.45. The number of morpholine rings is 1. The molecule has 0 spiro atoms. The molecule has 3 heterocycles. The summed E-state index contributed by atoms with van der Waals surface area (Å²) >= 11 is 1.28. The molecule has 3 rings (SSSR count). The molecule has 1 fully saturated rings. The smallest absolute Gasteiger partial charge is 0.291 e. The summed E-state index contributed by atoms with van der Waals surface area (Å²) in [5.74, 6) is -0.0898. The maximum Gasteiger partial charge on any atom is 0.291 e. The Labute approximate surface area is 131 Å². The highest BCUT2D eigenvalue weighted by atomic mass is 32.1. The molecule has 0 aromatic carbocycles. The Morgan fingerprint density at radius 1 is 1.32 bits per heavy atom. The van der Waals surface area contributed by atoms with E-state index in [0.29, 0.717) is 36.2 Å². The van der Waals surface area contributed by atoms with Crippen molar-refractivity contribution in [3.05, 3.63) is 40.7 Å². The maximum absolute atomic E-state index is 12.5. The highest BCUT2D eigenvalue weighted by Gasteiger charge is 2.23. The van der Waals surface area contributed by atoms with Crippen LogP contribution in [-0.2, 0) is 4.74 Å². The van der Waals surface area contributed by atoms with Crippen LogP contribution in [0.3, 0.4) is 0 Å². The average Bonchev–Trinajstić information content (AvgIpc) is 3.17. The van der Waals surface area contributed by atoms with Crippen LogP contribution in [0.1, 0.15) is 25.8 Å². The van der Waals surface area contributed by atoms with Crippen molar-refractivity contribution in [1.82, 2.24) is 4.90 Å². The number of carbonyl (C=O) groups excluding carboxylic acids is 2. The van der Waals surface area contributed by atoms with E-state index >= 15 is 0 Å². The third-order valence-corrected chi connectivity index (χ3v) is 4.53. The van der Waals surface area contributed by atoms with E-state index in [9.17, 15) is 9.59 Å². The van der Waals surface area contributed by atoms with E-state index in [1.807, 2.05) is 6.92 Å². The number of nitrogens with one attached hydrogen (secondary N) is 1. The van der Waals surface area contributed by atoms with Gasteiger partial charge in [-0.3, -0.25) is 9.59 Å². The van der Waals surface area contributed by atoms with Gasteiger partial charge in [-0.05, 0) is 30.7 Å². The fourth-order valence-corrected chi connectivity index (χ4v) is 3.28. The van der Waals surface area contributed by atoms with Gasteiger partial charge in [0.15, 0.2) is 5.76 Å². The van der Waals surface area contributed by atoms with Crippen molar-refractivity contribution in [2.24, 2.45) is 0 Å². The fraction of sp³-hybridized carbons (Fsp3) is 0.333. The molecule has 7 heteroatoms. The Bertz CT molecular complexity index is 672. The van der Waals surface area contributed by atoms with Crippen LogP contribution in [0, 0.1) is 6.92 Å². The van der Waals surface area contributed by atoms with Crippen LogP contribution in [0.4, 0.5) is 5.00 Å². The summed E-state index contributed by atoms with van der Waals surface area (Å²) < 4.78 is 10.3. The first-order valence-electron chi connectivity index (χ1n) is 6.97. The predicted octanol–water partition coefficient (Wildman–Crippen LogP) is 2.37. The molecule has 2 aromatic rings. The van der Waals surface area contributed by atoms with Gasteiger partial charge >= 0.3 is 0 Å². The van der Waals surface area contributed by atoms with Gasteiger partial charge in [0.1, 0.15) is 0 Å². The second-order valence-electron chi connectivity index (χ2n) is 4.96. The van der Waals surface area contributed by atoms with Gasteiger partial charge in [-0.1, -0.05) is 0 Å². The van der Waals surface area contributed by atoms with Gasteiger partial charge in [0.25, 0.3) is 11.8 Å². The highest BCUT2D eigenvalue weighted by Crippen LogP contribution is 2.28. The summed E-state index contributed by atoms with van der Waals surface area (Å²) in [5.41, 5.74) is 0.858. The standard InChI is InChI=1S/C15H16N2O4S/c1-10-9-12(16-14(18)11-3-2-6-21-11)22-13(10)15(19)17-4-7-20-8-5-17/h2-3,6,9H,4-5,7-8H2,1H3,(H,16,18). The predicted molar refractivity (Wildman–Crippen MR) is 82.4 cm³/mol. The first-order chi connectivity index (χ1) is 10.6. The maximum atomic E-state index is 12.5. The number of anilines is 1. The molecule has 2 aromatic heterocycles. The minimum Gasteiger partial charge on any atom is -0.459 e. The molecule has 2 amide bonds. The number of nitrogens with zero attached hydrogens (tertiary/aromatic N) is 1. The number of hydrogen-bond donors (Lipinski definition) is 1. The largest absolute Gasteiger partial charge is 0.459 e. The van der Waals surface area contributed by atoms with Crippen molar-refractivity contribution in [1.29, 1.82) is 0 Å².